The molecule has 0 aliphatic carbocycles. The predicted molar refractivity (Wildman–Crippen MR) is 110 cm³/mol. The second-order valence-electron chi connectivity index (χ2n) is 5.79. The van der Waals surface area contributed by atoms with Crippen LogP contribution in [0.1, 0.15) is 12.5 Å². The molecule has 0 amide bonds. The third-order valence-corrected chi connectivity index (χ3v) is 3.93. The smallest absolute Gasteiger partial charge is 0.279 e. The molecular formula is C20H21N5O4. The van der Waals surface area contributed by atoms with E-state index in [2.05, 4.69) is 25.7 Å². The van der Waals surface area contributed by atoms with E-state index in [4.69, 9.17) is 14.2 Å². The first-order valence-electron chi connectivity index (χ1n) is 8.86. The number of rotatable bonds is 8. The summed E-state index contributed by atoms with van der Waals surface area (Å²) >= 11 is 0. The molecular weight excluding hydrogens is 374 g/mol. The van der Waals surface area contributed by atoms with Crippen LogP contribution in [0.4, 0.5) is 5.95 Å². The Bertz CT molecular complexity index is 1050. The minimum atomic E-state index is -0.384. The van der Waals surface area contributed by atoms with Gasteiger partial charge in [0.2, 0.25) is 5.95 Å². The van der Waals surface area contributed by atoms with Crippen molar-refractivity contribution in [1.29, 1.82) is 0 Å². The predicted octanol–water partition coefficient (Wildman–Crippen LogP) is 2.69. The van der Waals surface area contributed by atoms with Crippen molar-refractivity contribution in [2.45, 2.75) is 6.92 Å². The van der Waals surface area contributed by atoms with Crippen LogP contribution in [0.2, 0.25) is 0 Å². The summed E-state index contributed by atoms with van der Waals surface area (Å²) in [5, 5.41) is 12.0. The number of nitrogens with zero attached hydrogens (tertiary/aromatic N) is 3. The number of hydrogen-bond acceptors (Lipinski definition) is 8. The maximum Gasteiger partial charge on any atom is 0.279 e. The molecule has 0 unspecified atom stereocenters. The van der Waals surface area contributed by atoms with Gasteiger partial charge in [0.05, 0.1) is 27.0 Å². The van der Waals surface area contributed by atoms with Gasteiger partial charge in [-0.1, -0.05) is 0 Å². The van der Waals surface area contributed by atoms with Crippen LogP contribution in [-0.2, 0) is 0 Å². The van der Waals surface area contributed by atoms with Gasteiger partial charge in [0.1, 0.15) is 5.75 Å². The van der Waals surface area contributed by atoms with E-state index >= 15 is 0 Å². The number of aromatic nitrogens is 3. The van der Waals surface area contributed by atoms with E-state index in [0.717, 1.165) is 5.56 Å². The topological polar surface area (TPSA) is 111 Å². The van der Waals surface area contributed by atoms with Crippen LogP contribution < -0.4 is 25.2 Å². The fourth-order valence-electron chi connectivity index (χ4n) is 2.53. The zero-order valence-corrected chi connectivity index (χ0v) is 16.3. The Kier molecular flexibility index (Phi) is 6.41. The van der Waals surface area contributed by atoms with Gasteiger partial charge in [-0.3, -0.25) is 9.78 Å². The van der Waals surface area contributed by atoms with Gasteiger partial charge in [-0.25, -0.2) is 5.43 Å². The molecule has 1 heterocycles. The van der Waals surface area contributed by atoms with Gasteiger partial charge in [0, 0.05) is 5.56 Å². The first kappa shape index (κ1) is 19.9. The van der Waals surface area contributed by atoms with Gasteiger partial charge >= 0.3 is 0 Å². The number of aromatic amines is 1. The molecule has 3 aromatic rings. The van der Waals surface area contributed by atoms with Gasteiger partial charge in [-0.2, -0.15) is 5.10 Å². The summed E-state index contributed by atoms with van der Waals surface area (Å²) in [4.78, 5) is 14.9. The van der Waals surface area contributed by atoms with Gasteiger partial charge in [0.15, 0.2) is 17.2 Å². The molecule has 1 aromatic heterocycles. The SMILES string of the molecule is CCOc1ccc(/C=N/Nc2nnc(-c3ccc(OC)cc3)c(=O)[nH]2)cc1OC. The zero-order valence-electron chi connectivity index (χ0n) is 16.3. The fraction of sp³-hybridized carbons (Fsp3) is 0.200. The number of H-pyrrole nitrogens is 1. The average molecular weight is 395 g/mol. The van der Waals surface area contributed by atoms with Gasteiger partial charge < -0.3 is 14.2 Å². The van der Waals surface area contributed by atoms with Crippen molar-refractivity contribution in [2.24, 2.45) is 5.10 Å². The minimum absolute atomic E-state index is 0.126. The molecule has 3 rings (SSSR count). The fourth-order valence-corrected chi connectivity index (χ4v) is 2.53. The maximum absolute atomic E-state index is 12.3. The monoisotopic (exact) mass is 395 g/mol. The van der Waals surface area contributed by atoms with Crippen molar-refractivity contribution in [3.63, 3.8) is 0 Å². The summed E-state index contributed by atoms with van der Waals surface area (Å²) in [6.07, 6.45) is 1.57. The Hall–Kier alpha value is -3.88. The second kappa shape index (κ2) is 9.36. The zero-order chi connectivity index (χ0) is 20.6. The number of methoxy groups -OCH3 is 2. The lowest BCUT2D eigenvalue weighted by molar-refractivity contribution is 0.311. The summed E-state index contributed by atoms with van der Waals surface area (Å²) in [7, 11) is 3.15. The van der Waals surface area contributed by atoms with Crippen LogP contribution in [0.5, 0.6) is 17.2 Å². The molecule has 9 nitrogen and oxygen atoms in total. The third-order valence-electron chi connectivity index (χ3n) is 3.93. The molecule has 0 atom stereocenters. The quantitative estimate of drug-likeness (QED) is 0.446. The normalized spacial score (nSPS) is 10.7. The number of benzene rings is 2. The van der Waals surface area contributed by atoms with E-state index in [-0.39, 0.29) is 17.2 Å². The molecule has 2 aromatic carbocycles. The van der Waals surface area contributed by atoms with Crippen molar-refractivity contribution in [1.82, 2.24) is 15.2 Å². The molecule has 0 bridgehead atoms. The molecule has 2 N–H and O–H groups in total. The largest absolute Gasteiger partial charge is 0.497 e. The number of ether oxygens (including phenoxy) is 3. The molecule has 0 spiro atoms. The Morgan fingerprint density at radius 2 is 1.86 bits per heavy atom. The minimum Gasteiger partial charge on any atom is -0.497 e. The standard InChI is InChI=1S/C20H21N5O4/c1-4-29-16-10-5-13(11-17(16)28-3)12-21-24-20-22-19(26)18(23-25-20)14-6-8-15(27-2)9-7-14/h5-12H,4H2,1-3H3,(H2,22,24,25,26)/b21-12+. The van der Waals surface area contributed by atoms with Gasteiger partial charge in [-0.05, 0) is 55.0 Å². The van der Waals surface area contributed by atoms with E-state index in [0.29, 0.717) is 29.4 Å². The summed E-state index contributed by atoms with van der Waals surface area (Å²) in [5.74, 6) is 2.08. The van der Waals surface area contributed by atoms with Crippen molar-refractivity contribution < 1.29 is 14.2 Å². The number of nitrogens with one attached hydrogen (secondary N) is 2. The first-order chi connectivity index (χ1) is 14.1. The highest BCUT2D eigenvalue weighted by molar-refractivity contribution is 5.81. The highest BCUT2D eigenvalue weighted by Crippen LogP contribution is 2.27. The molecule has 0 aliphatic heterocycles. The maximum atomic E-state index is 12.3. The Balaban J connectivity index is 1.71. The second-order valence-corrected chi connectivity index (χ2v) is 5.79. The Morgan fingerprint density at radius 1 is 1.07 bits per heavy atom. The number of hydrazone groups is 1. The van der Waals surface area contributed by atoms with Crippen LogP contribution in [0.25, 0.3) is 11.3 Å². The van der Waals surface area contributed by atoms with Gasteiger partial charge in [0.25, 0.3) is 5.56 Å². The van der Waals surface area contributed by atoms with Crippen LogP contribution in [-0.4, -0.2) is 42.2 Å². The van der Waals surface area contributed by atoms with Crippen LogP contribution in [0.15, 0.2) is 52.4 Å². The number of hydrogen-bond donors (Lipinski definition) is 2. The molecule has 0 aliphatic rings. The van der Waals surface area contributed by atoms with Crippen molar-refractivity contribution in [3.05, 3.63) is 58.4 Å². The average Bonchev–Trinajstić information content (AvgIpc) is 2.75. The molecule has 0 fully saturated rings. The van der Waals surface area contributed by atoms with E-state index in [1.165, 1.54) is 0 Å². The van der Waals surface area contributed by atoms with E-state index in [1.807, 2.05) is 13.0 Å². The molecule has 0 saturated heterocycles. The highest BCUT2D eigenvalue weighted by atomic mass is 16.5. The van der Waals surface area contributed by atoms with Crippen molar-refractivity contribution >= 4 is 12.2 Å². The lowest BCUT2D eigenvalue weighted by atomic mass is 10.1. The van der Waals surface area contributed by atoms with E-state index in [1.54, 1.807) is 56.8 Å². The molecule has 0 saturated carbocycles. The third kappa shape index (κ3) is 4.89. The van der Waals surface area contributed by atoms with Crippen molar-refractivity contribution in [3.8, 4) is 28.5 Å². The van der Waals surface area contributed by atoms with E-state index < -0.39 is 0 Å². The van der Waals surface area contributed by atoms with Gasteiger partial charge in [-0.15, -0.1) is 10.2 Å². The summed E-state index contributed by atoms with van der Waals surface area (Å²) < 4.78 is 15.9. The van der Waals surface area contributed by atoms with Crippen LogP contribution in [0, 0.1) is 0 Å². The highest BCUT2D eigenvalue weighted by Gasteiger charge is 2.08. The summed E-state index contributed by atoms with van der Waals surface area (Å²) in [6, 6.07) is 12.4. The number of anilines is 1. The van der Waals surface area contributed by atoms with E-state index in [9.17, 15) is 4.79 Å². The molecule has 150 valence electrons. The van der Waals surface area contributed by atoms with Crippen molar-refractivity contribution in [2.75, 3.05) is 26.3 Å². The summed E-state index contributed by atoms with van der Waals surface area (Å²) in [5.41, 5.74) is 3.90. The first-order valence-corrected chi connectivity index (χ1v) is 8.86. The molecule has 9 heteroatoms. The summed E-state index contributed by atoms with van der Waals surface area (Å²) in [6.45, 7) is 2.45. The lowest BCUT2D eigenvalue weighted by Crippen LogP contribution is -2.15. The Morgan fingerprint density at radius 3 is 2.52 bits per heavy atom. The Labute approximate surface area is 167 Å². The molecule has 0 radical (unpaired) electrons. The van der Waals surface area contributed by atoms with Crippen LogP contribution >= 0.6 is 0 Å². The lowest BCUT2D eigenvalue weighted by Gasteiger charge is -2.09. The molecule has 29 heavy (non-hydrogen) atoms. The van der Waals surface area contributed by atoms with Crippen LogP contribution in [0.3, 0.4) is 0 Å².